The third-order valence-electron chi connectivity index (χ3n) is 27.5. The van der Waals surface area contributed by atoms with Gasteiger partial charge in [-0.2, -0.15) is 0 Å². The number of aromatic nitrogens is 12. The predicted molar refractivity (Wildman–Crippen MR) is 542 cm³/mol. The van der Waals surface area contributed by atoms with Crippen LogP contribution in [0, 0.1) is 41.5 Å². The fraction of sp³-hybridized carbons (Fsp3) is 0.333. The van der Waals surface area contributed by atoms with Crippen molar-refractivity contribution in [2.75, 3.05) is 28.4 Å². The smallest absolute Gasteiger partial charge is 0.262 e. The second-order valence-corrected chi connectivity index (χ2v) is 38.8. The van der Waals surface area contributed by atoms with E-state index < -0.39 is 79.8 Å². The third-order valence-corrected chi connectivity index (χ3v) is 28.5. The Hall–Kier alpha value is -15.7. The van der Waals surface area contributed by atoms with Gasteiger partial charge in [0.05, 0.1) is 104 Å². The van der Waals surface area contributed by atoms with Crippen LogP contribution in [0.3, 0.4) is 0 Å². The van der Waals surface area contributed by atoms with Crippen LogP contribution in [0.4, 0.5) is 0 Å². The molecule has 146 heavy (non-hydrogen) atoms. The number of hydrogen-bond acceptors (Lipinski definition) is 28. The van der Waals surface area contributed by atoms with E-state index in [-0.39, 0.29) is 156 Å². The topological polar surface area (TPSA) is 523 Å². The highest BCUT2D eigenvalue weighted by Crippen LogP contribution is 2.39. The number of hydrogen-bond donors (Lipinski definition) is 6. The molecule has 6 atom stereocenters. The summed E-state index contributed by atoms with van der Waals surface area (Å²) in [6.07, 6.45) is 2.50. The molecule has 6 aliphatic rings. The summed E-state index contributed by atoms with van der Waals surface area (Å²) in [5.41, 5.74) is -6.27. The van der Waals surface area contributed by atoms with E-state index in [4.69, 9.17) is 65.4 Å². The van der Waals surface area contributed by atoms with Crippen molar-refractivity contribution in [2.24, 2.45) is 0 Å². The van der Waals surface area contributed by atoms with Gasteiger partial charge in [0.25, 0.3) is 68.8 Å². The number of benzene rings is 8. The second kappa shape index (κ2) is 40.1. The lowest BCUT2D eigenvalue weighted by atomic mass is 9.90. The van der Waals surface area contributed by atoms with E-state index >= 15 is 0 Å². The van der Waals surface area contributed by atoms with Gasteiger partial charge in [-0.1, -0.05) is 94.9 Å². The van der Waals surface area contributed by atoms with E-state index in [0.29, 0.717) is 123 Å². The standard InChI is InChI=1S/2C19H17N3O3.2C17H19N3O5.2C15H13Cl2N3O3/c2*1-11-20-15-10-13-6-4-3-5-12(13)9-14(15)17(24)22(11)19(2)8-7-16(23)21-18(19)25;2*1-9-18-11-8-13(25-4)12(24-3)7-10(11)15(22)20(9)17(2)6-5-14(21)19-16(17)23;2*1-7-18-12-9(5-8(16)6-10(12)17)13(22)20(7)15(2)4-3-11(21)19-14(15)23/h2*3-6,9-10H,7-8H2,1-2H3,(H,21,23,25);2*7-8H,5-6H2,1-4H3,(H,19,21,23);2*5-6H,3-4H2,1-2H3,(H,19,21,23)/t2*19-;2*17-;2*15-/m101010/s1. The van der Waals surface area contributed by atoms with E-state index in [9.17, 15) is 86.3 Å². The van der Waals surface area contributed by atoms with Gasteiger partial charge in [-0.25, -0.2) is 29.9 Å². The predicted octanol–water partition coefficient (Wildman–Crippen LogP) is 10.1. The minimum Gasteiger partial charge on any atom is -0.493 e. The first kappa shape index (κ1) is 105. The summed E-state index contributed by atoms with van der Waals surface area (Å²) in [6, 6.07) is 35.2. The molecule has 8 aromatic carbocycles. The van der Waals surface area contributed by atoms with Crippen LogP contribution >= 0.6 is 46.4 Å². The van der Waals surface area contributed by atoms with Crippen LogP contribution in [0.2, 0.25) is 20.1 Å². The molecule has 6 aromatic heterocycles. The van der Waals surface area contributed by atoms with Crippen LogP contribution in [-0.2, 0) is 90.8 Å². The van der Waals surface area contributed by atoms with Crippen LogP contribution in [0.25, 0.3) is 87.0 Å². The molecule has 6 N–H and O–H groups in total. The van der Waals surface area contributed by atoms with Crippen molar-refractivity contribution in [3.63, 3.8) is 0 Å². The van der Waals surface area contributed by atoms with Gasteiger partial charge in [-0.3, -0.25) is 146 Å². The molecule has 0 unspecified atom stereocenters. The van der Waals surface area contributed by atoms with E-state index in [1.165, 1.54) is 80.1 Å². The van der Waals surface area contributed by atoms with Gasteiger partial charge in [-0.15, -0.1) is 0 Å². The van der Waals surface area contributed by atoms with Crippen LogP contribution in [-0.4, -0.2) is 157 Å². The molecule has 40 nitrogen and oxygen atoms in total. The molecule has 0 aliphatic carbocycles. The Labute approximate surface area is 848 Å². The lowest BCUT2D eigenvalue weighted by molar-refractivity contribution is -0.141. The highest BCUT2D eigenvalue weighted by molar-refractivity contribution is 6.39. The minimum atomic E-state index is -1.19. The summed E-state index contributed by atoms with van der Waals surface area (Å²) in [5, 5.41) is 20.9. The number of rotatable bonds is 10. The molecule has 20 rings (SSSR count). The first-order valence-corrected chi connectivity index (χ1v) is 47.4. The second-order valence-electron chi connectivity index (χ2n) is 37.2. The number of fused-ring (bicyclic) bond motifs is 8. The maximum atomic E-state index is 13.2. The van der Waals surface area contributed by atoms with Gasteiger partial charge in [0.1, 0.15) is 68.2 Å². The third kappa shape index (κ3) is 19.1. The van der Waals surface area contributed by atoms with Gasteiger partial charge in [0.2, 0.25) is 35.4 Å². The summed E-state index contributed by atoms with van der Waals surface area (Å²) < 4.78 is 29.2. The van der Waals surface area contributed by atoms with Crippen LogP contribution in [0.15, 0.2) is 150 Å². The summed E-state index contributed by atoms with van der Waals surface area (Å²) in [5.74, 6) is -0.864. The number of amides is 12. The number of nitrogens with zero attached hydrogens (tertiary/aromatic N) is 12. The van der Waals surface area contributed by atoms with E-state index in [0.717, 1.165) is 21.5 Å². The number of ether oxygens (including phenoxy) is 4. The summed E-state index contributed by atoms with van der Waals surface area (Å²) in [4.78, 5) is 248. The normalized spacial score (nSPS) is 21.0. The van der Waals surface area contributed by atoms with E-state index in [1.54, 1.807) is 107 Å². The van der Waals surface area contributed by atoms with Gasteiger partial charge < -0.3 is 18.9 Å². The highest BCUT2D eigenvalue weighted by atomic mass is 35.5. The molecular weight excluding hydrogens is 1970 g/mol. The zero-order valence-corrected chi connectivity index (χ0v) is 84.9. The molecular formula is C102H98Cl4N18O22. The van der Waals surface area contributed by atoms with E-state index in [2.05, 4.69) is 61.8 Å². The Balaban J connectivity index is 0.000000132. The summed E-state index contributed by atoms with van der Waals surface area (Å²) in [7, 11) is 5.96. The van der Waals surface area contributed by atoms with Gasteiger partial charge >= 0.3 is 0 Å². The molecule has 12 heterocycles. The fourth-order valence-electron chi connectivity index (χ4n) is 19.4. The number of carbonyl (C=O) groups excluding carboxylic acids is 12. The summed E-state index contributed by atoms with van der Waals surface area (Å²) >= 11 is 24.2. The number of halogens is 4. The van der Waals surface area contributed by atoms with Crippen LogP contribution in [0.5, 0.6) is 23.0 Å². The van der Waals surface area contributed by atoms with Crippen molar-refractivity contribution in [3.8, 4) is 23.0 Å². The fourth-order valence-corrected chi connectivity index (χ4v) is 20.5. The molecule has 6 saturated heterocycles. The van der Waals surface area contributed by atoms with E-state index in [1.807, 2.05) is 72.8 Å². The lowest BCUT2D eigenvalue weighted by Gasteiger charge is -2.34. The highest BCUT2D eigenvalue weighted by Gasteiger charge is 2.49. The van der Waals surface area contributed by atoms with Crippen molar-refractivity contribution in [3.05, 3.63) is 238 Å². The lowest BCUT2D eigenvalue weighted by Crippen LogP contribution is -2.56. The monoisotopic (exact) mass is 2070 g/mol. The van der Waals surface area contributed by atoms with Gasteiger partial charge in [0, 0.05) is 60.7 Å². The average molecular weight is 2070 g/mol. The van der Waals surface area contributed by atoms with Gasteiger partial charge in [0.15, 0.2) is 23.0 Å². The quantitative estimate of drug-likeness (QED) is 0.0547. The molecule has 12 amide bonds. The molecule has 0 spiro atoms. The zero-order chi connectivity index (χ0) is 106. The Morgan fingerprint density at radius 3 is 0.664 bits per heavy atom. The Bertz CT molecular complexity index is 8000. The molecule has 14 aromatic rings. The molecule has 0 saturated carbocycles. The number of aryl methyl sites for hydroxylation is 6. The van der Waals surface area contributed by atoms with Gasteiger partial charge in [-0.05, 0) is 204 Å². The zero-order valence-electron chi connectivity index (χ0n) is 81.9. The molecule has 6 aliphatic heterocycles. The molecule has 0 bridgehead atoms. The van der Waals surface area contributed by atoms with Crippen LogP contribution < -0.4 is 84.2 Å². The Kier molecular flexibility index (Phi) is 28.8. The first-order chi connectivity index (χ1) is 68.9. The SMILES string of the molecule is COc1cc2nc(C)n([C@@]3(C)CCC(=O)NC3=O)c(=O)c2cc1OC.COc1cc2nc(C)n([C@]3(C)CCC(=O)NC3=O)c(=O)c2cc1OC.Cc1nc2c(Cl)cc(Cl)cc2c(=O)n1[C@@]1(C)CCC(=O)NC1=O.Cc1nc2c(Cl)cc(Cl)cc2c(=O)n1[C@]1(C)CCC(=O)NC1=O.Cc1nc2cc3ccccc3cc2c(=O)n1[C@@]1(C)CCC(=O)NC1=O.Cc1nc2cc3ccccc3cc2c(=O)n1[C@]1(C)CCC(=O)NC1=O. The van der Waals surface area contributed by atoms with Crippen molar-refractivity contribution in [2.45, 2.75) is 193 Å². The number of piperidine rings is 6. The average Bonchev–Trinajstić information content (AvgIpc) is 0.753. The van der Waals surface area contributed by atoms with Crippen LogP contribution in [0.1, 0.15) is 154 Å². The first-order valence-electron chi connectivity index (χ1n) is 45.9. The number of nitrogens with one attached hydrogen (secondary N) is 6. The Morgan fingerprint density at radius 2 is 0.445 bits per heavy atom. The largest absolute Gasteiger partial charge is 0.493 e. The number of methoxy groups -OCH3 is 4. The number of imide groups is 6. The summed E-state index contributed by atoms with van der Waals surface area (Å²) in [6.45, 7) is 19.9. The molecule has 44 heteroatoms. The number of carbonyl (C=O) groups is 12. The van der Waals surface area contributed by atoms with Crippen molar-refractivity contribution >= 4 is 204 Å². The molecule has 756 valence electrons. The maximum Gasteiger partial charge on any atom is 0.262 e. The molecule has 0 radical (unpaired) electrons. The van der Waals surface area contributed by atoms with Crippen molar-refractivity contribution in [1.82, 2.24) is 89.2 Å². The molecule has 6 fully saturated rings. The van der Waals surface area contributed by atoms with Crippen molar-refractivity contribution < 1.29 is 76.5 Å². The minimum absolute atomic E-state index is 0.155. The Morgan fingerprint density at radius 1 is 0.253 bits per heavy atom. The van der Waals surface area contributed by atoms with Crippen molar-refractivity contribution in [1.29, 1.82) is 0 Å². The maximum absolute atomic E-state index is 13.2.